The van der Waals surface area contributed by atoms with Gasteiger partial charge in [0.25, 0.3) is 5.63 Å². The van der Waals surface area contributed by atoms with Crippen LogP contribution in [0.1, 0.15) is 5.56 Å². The zero-order valence-corrected chi connectivity index (χ0v) is 11.3. The van der Waals surface area contributed by atoms with Gasteiger partial charge < -0.3 is 9.40 Å². The molecule has 18 heavy (non-hydrogen) atoms. The van der Waals surface area contributed by atoms with Crippen LogP contribution in [0, 0.1) is 17.4 Å². The summed E-state index contributed by atoms with van der Waals surface area (Å²) in [5.41, 5.74) is 0.895. The number of nitriles is 1. The number of rotatable bonds is 0. The fourth-order valence-electron chi connectivity index (χ4n) is 1.73. The van der Waals surface area contributed by atoms with Gasteiger partial charge in [-0.3, -0.25) is 4.79 Å². The largest absolute Gasteiger partial charge is 0.438 e. The van der Waals surface area contributed by atoms with Gasteiger partial charge in [0.1, 0.15) is 5.58 Å². The van der Waals surface area contributed by atoms with Gasteiger partial charge in [-0.05, 0) is 23.1 Å². The Morgan fingerprint density at radius 3 is 3.06 bits per heavy atom. The molecule has 0 atom stereocenters. The second kappa shape index (κ2) is 4.69. The van der Waals surface area contributed by atoms with Crippen molar-refractivity contribution in [2.75, 3.05) is 0 Å². The fraction of sp³-hybridized carbons (Fsp3) is 0. The first-order valence-electron chi connectivity index (χ1n) is 4.93. The molecule has 3 rings (SSSR count). The van der Waals surface area contributed by atoms with Crippen molar-refractivity contribution in [3.63, 3.8) is 0 Å². The predicted molar refractivity (Wildman–Crippen MR) is 61.3 cm³/mol. The van der Waals surface area contributed by atoms with E-state index in [2.05, 4.69) is 11.1 Å². The first-order valence-corrected chi connectivity index (χ1v) is 4.93. The molecule has 0 aliphatic heterocycles. The number of pyridine rings is 1. The zero-order valence-electron chi connectivity index (χ0n) is 8.93. The minimum Gasteiger partial charge on any atom is -0.438 e. The topological polar surface area (TPSA) is 66.9 Å². The predicted octanol–water partition coefficient (Wildman–Crippen LogP) is 2.01. The average Bonchev–Trinajstić information content (AvgIpc) is 2.38. The standard InChI is InChI=1S/C13H5N2O2.Ir/c14-7-8-3-4-9-10(6-8)13(16)17-11-2-1-5-15-12(9)11;/h1-3,5-6H;/q-1;. The zero-order chi connectivity index (χ0) is 11.8. The van der Waals surface area contributed by atoms with E-state index in [1.54, 1.807) is 18.3 Å². The Morgan fingerprint density at radius 1 is 1.44 bits per heavy atom. The Bertz CT molecular complexity index is 834. The van der Waals surface area contributed by atoms with E-state index in [1.807, 2.05) is 6.07 Å². The smallest absolute Gasteiger partial charge is 0.299 e. The number of fused-ring (bicyclic) bond motifs is 3. The van der Waals surface area contributed by atoms with Crippen LogP contribution in [-0.2, 0) is 20.1 Å². The minimum atomic E-state index is -0.478. The van der Waals surface area contributed by atoms with E-state index in [0.717, 1.165) is 0 Å². The Morgan fingerprint density at radius 2 is 2.28 bits per heavy atom. The van der Waals surface area contributed by atoms with E-state index < -0.39 is 5.63 Å². The molecule has 0 spiro atoms. The molecule has 0 bridgehead atoms. The maximum atomic E-state index is 11.7. The minimum absolute atomic E-state index is 0. The Hall–Kier alpha value is -2.02. The second-order valence-corrected chi connectivity index (χ2v) is 3.53. The van der Waals surface area contributed by atoms with Crippen LogP contribution < -0.4 is 5.63 Å². The molecule has 0 saturated carbocycles. The third-order valence-electron chi connectivity index (χ3n) is 2.50. The fourth-order valence-corrected chi connectivity index (χ4v) is 1.73. The van der Waals surface area contributed by atoms with Crippen LogP contribution in [-0.4, -0.2) is 4.98 Å². The van der Waals surface area contributed by atoms with Gasteiger partial charge in [0.15, 0.2) is 0 Å². The van der Waals surface area contributed by atoms with Crippen molar-refractivity contribution in [2.45, 2.75) is 0 Å². The molecule has 0 amide bonds. The molecule has 4 nitrogen and oxygen atoms in total. The molecule has 0 saturated heterocycles. The molecule has 1 aromatic carbocycles. The summed E-state index contributed by atoms with van der Waals surface area (Å²) in [6.07, 6.45) is 1.62. The molecule has 2 heterocycles. The molecular weight excluding hydrogens is 408 g/mol. The molecular formula is C13H5IrN2O2-. The van der Waals surface area contributed by atoms with Crippen LogP contribution in [0.5, 0.6) is 0 Å². The summed E-state index contributed by atoms with van der Waals surface area (Å²) in [7, 11) is 0. The van der Waals surface area contributed by atoms with E-state index >= 15 is 0 Å². The van der Waals surface area contributed by atoms with Crippen LogP contribution in [0.25, 0.3) is 21.9 Å². The summed E-state index contributed by atoms with van der Waals surface area (Å²) in [6.45, 7) is 0. The summed E-state index contributed by atoms with van der Waals surface area (Å²) in [6, 6.07) is 11.3. The average molecular weight is 413 g/mol. The van der Waals surface area contributed by atoms with Gasteiger partial charge in [0, 0.05) is 37.9 Å². The number of nitrogens with zero attached hydrogens (tertiary/aromatic N) is 2. The van der Waals surface area contributed by atoms with E-state index in [-0.39, 0.29) is 20.1 Å². The number of hydrogen-bond acceptors (Lipinski definition) is 4. The summed E-state index contributed by atoms with van der Waals surface area (Å²) < 4.78 is 5.13. The number of benzene rings is 1. The first kappa shape index (κ1) is 12.4. The Labute approximate surface area is 115 Å². The van der Waals surface area contributed by atoms with Gasteiger partial charge in [-0.2, -0.15) is 0 Å². The van der Waals surface area contributed by atoms with Crippen molar-refractivity contribution in [1.82, 2.24) is 4.98 Å². The van der Waals surface area contributed by atoms with Gasteiger partial charge in [0.2, 0.25) is 0 Å². The Balaban J connectivity index is 0.00000120. The van der Waals surface area contributed by atoms with E-state index in [4.69, 9.17) is 9.68 Å². The van der Waals surface area contributed by atoms with Crippen LogP contribution in [0.4, 0.5) is 0 Å². The van der Waals surface area contributed by atoms with Crippen LogP contribution in [0.15, 0.2) is 39.7 Å². The maximum Gasteiger partial charge on any atom is 0.299 e. The van der Waals surface area contributed by atoms with Gasteiger partial charge in [-0.25, -0.2) is 5.26 Å². The van der Waals surface area contributed by atoms with E-state index in [0.29, 0.717) is 27.4 Å². The molecule has 5 heteroatoms. The summed E-state index contributed by atoms with van der Waals surface area (Å²) >= 11 is 0. The molecule has 1 radical (unpaired) electrons. The molecule has 89 valence electrons. The van der Waals surface area contributed by atoms with Crippen LogP contribution in [0.3, 0.4) is 0 Å². The van der Waals surface area contributed by atoms with E-state index in [9.17, 15) is 4.79 Å². The van der Waals surface area contributed by atoms with Gasteiger partial charge in [0.05, 0.1) is 0 Å². The monoisotopic (exact) mass is 414 g/mol. The van der Waals surface area contributed by atoms with Crippen LogP contribution in [0.2, 0.25) is 0 Å². The Kier molecular flexibility index (Phi) is 3.24. The summed E-state index contributed by atoms with van der Waals surface area (Å²) in [4.78, 5) is 15.9. The molecule has 2 aromatic heterocycles. The van der Waals surface area contributed by atoms with Crippen molar-refractivity contribution in [2.24, 2.45) is 0 Å². The van der Waals surface area contributed by atoms with E-state index in [1.165, 1.54) is 12.1 Å². The summed E-state index contributed by atoms with van der Waals surface area (Å²) in [5.74, 6) is 0. The number of hydrogen-bond donors (Lipinski definition) is 0. The van der Waals surface area contributed by atoms with Gasteiger partial charge >= 0.3 is 0 Å². The maximum absolute atomic E-state index is 11.7. The third kappa shape index (κ3) is 1.82. The first-order chi connectivity index (χ1) is 8.29. The quantitative estimate of drug-likeness (QED) is 0.418. The van der Waals surface area contributed by atoms with Crippen molar-refractivity contribution in [3.8, 4) is 6.07 Å². The van der Waals surface area contributed by atoms with Crippen molar-refractivity contribution in [1.29, 1.82) is 5.26 Å². The van der Waals surface area contributed by atoms with Gasteiger partial charge in [-0.15, -0.1) is 23.6 Å². The van der Waals surface area contributed by atoms with Crippen LogP contribution >= 0.6 is 0 Å². The molecule has 0 aliphatic rings. The molecule has 0 unspecified atom stereocenters. The van der Waals surface area contributed by atoms with Gasteiger partial charge in [-0.1, -0.05) is 0 Å². The SMILES string of the molecule is N#Cc1c[c-]c2c(c1)c(=O)oc1cccnc12.[Ir]. The van der Waals surface area contributed by atoms with Crippen molar-refractivity contribution >= 4 is 21.9 Å². The third-order valence-corrected chi connectivity index (χ3v) is 2.50. The molecule has 0 aliphatic carbocycles. The number of aromatic nitrogens is 1. The summed E-state index contributed by atoms with van der Waals surface area (Å²) in [5, 5.41) is 9.69. The van der Waals surface area contributed by atoms with Crippen molar-refractivity contribution in [3.05, 3.63) is 52.5 Å². The normalized spacial score (nSPS) is 9.94. The van der Waals surface area contributed by atoms with Crippen molar-refractivity contribution < 1.29 is 24.5 Å². The molecule has 0 fully saturated rings. The second-order valence-electron chi connectivity index (χ2n) is 3.53. The molecule has 0 N–H and O–H groups in total. The molecule has 3 aromatic rings.